The number of rotatable bonds is 5. The molecule has 1 heterocycles. The van der Waals surface area contributed by atoms with Gasteiger partial charge >= 0.3 is 0 Å². The van der Waals surface area contributed by atoms with Crippen molar-refractivity contribution in [3.63, 3.8) is 0 Å². The summed E-state index contributed by atoms with van der Waals surface area (Å²) in [6.45, 7) is 5.68. The molecular formula is C17H25ClF2N2O2. The summed E-state index contributed by atoms with van der Waals surface area (Å²) in [5, 5.41) is 0. The Kier molecular flexibility index (Phi) is 7.42. The lowest BCUT2D eigenvalue weighted by Crippen LogP contribution is -2.54. The highest BCUT2D eigenvalue weighted by atomic mass is 35.5. The molecule has 2 rings (SSSR count). The SMILES string of the molecule is CC1(C)CN(C(=O)CCCOc2ccc(F)cc2F)CCC1N.Cl. The highest BCUT2D eigenvalue weighted by molar-refractivity contribution is 5.85. The summed E-state index contributed by atoms with van der Waals surface area (Å²) in [6, 6.07) is 3.28. The Balaban J connectivity index is 0.00000288. The van der Waals surface area contributed by atoms with Crippen molar-refractivity contribution in [1.82, 2.24) is 4.90 Å². The normalized spacial score (nSPS) is 19.5. The molecule has 1 aliphatic heterocycles. The van der Waals surface area contributed by atoms with Gasteiger partial charge in [0.15, 0.2) is 11.6 Å². The molecule has 1 saturated heterocycles. The van der Waals surface area contributed by atoms with Crippen LogP contribution in [0.4, 0.5) is 8.78 Å². The number of ether oxygens (including phenoxy) is 1. The third-order valence-corrected chi connectivity index (χ3v) is 4.35. The van der Waals surface area contributed by atoms with E-state index in [0.29, 0.717) is 25.9 Å². The summed E-state index contributed by atoms with van der Waals surface area (Å²) in [7, 11) is 0. The number of piperidine rings is 1. The molecule has 1 atom stereocenters. The maximum absolute atomic E-state index is 13.4. The molecule has 0 aliphatic carbocycles. The van der Waals surface area contributed by atoms with Crippen molar-refractivity contribution in [3.05, 3.63) is 29.8 Å². The fraction of sp³-hybridized carbons (Fsp3) is 0.588. The van der Waals surface area contributed by atoms with Crippen LogP contribution in [0, 0.1) is 17.0 Å². The van der Waals surface area contributed by atoms with E-state index in [9.17, 15) is 13.6 Å². The highest BCUT2D eigenvalue weighted by Crippen LogP contribution is 2.28. The lowest BCUT2D eigenvalue weighted by molar-refractivity contribution is -0.134. The van der Waals surface area contributed by atoms with E-state index in [1.807, 2.05) is 4.90 Å². The topological polar surface area (TPSA) is 55.6 Å². The van der Waals surface area contributed by atoms with Crippen LogP contribution in [0.15, 0.2) is 18.2 Å². The number of benzene rings is 1. The third kappa shape index (κ3) is 5.31. The van der Waals surface area contributed by atoms with E-state index in [-0.39, 0.29) is 42.1 Å². The molecular weight excluding hydrogens is 338 g/mol. The van der Waals surface area contributed by atoms with E-state index in [1.165, 1.54) is 6.07 Å². The van der Waals surface area contributed by atoms with Gasteiger partial charge in [0.25, 0.3) is 0 Å². The van der Waals surface area contributed by atoms with E-state index < -0.39 is 11.6 Å². The van der Waals surface area contributed by atoms with E-state index in [0.717, 1.165) is 18.6 Å². The van der Waals surface area contributed by atoms with Crippen LogP contribution in [0.2, 0.25) is 0 Å². The minimum atomic E-state index is -0.733. The number of hydrogen-bond acceptors (Lipinski definition) is 3. The summed E-state index contributed by atoms with van der Waals surface area (Å²) in [4.78, 5) is 14.1. The average molecular weight is 363 g/mol. The molecule has 1 fully saturated rings. The molecule has 1 unspecified atom stereocenters. The van der Waals surface area contributed by atoms with Crippen molar-refractivity contribution in [3.8, 4) is 5.75 Å². The molecule has 1 amide bonds. The van der Waals surface area contributed by atoms with Gasteiger partial charge in [0.1, 0.15) is 5.82 Å². The molecule has 1 aromatic rings. The maximum Gasteiger partial charge on any atom is 0.222 e. The molecule has 0 saturated carbocycles. The van der Waals surface area contributed by atoms with Crippen LogP contribution in [-0.2, 0) is 4.79 Å². The molecule has 1 aromatic carbocycles. The van der Waals surface area contributed by atoms with Gasteiger partial charge in [0, 0.05) is 31.6 Å². The fourth-order valence-electron chi connectivity index (χ4n) is 2.74. The van der Waals surface area contributed by atoms with E-state index in [2.05, 4.69) is 13.8 Å². The van der Waals surface area contributed by atoms with Gasteiger partial charge in [-0.05, 0) is 30.4 Å². The van der Waals surface area contributed by atoms with Crippen LogP contribution >= 0.6 is 12.4 Å². The van der Waals surface area contributed by atoms with Crippen molar-refractivity contribution >= 4 is 18.3 Å². The molecule has 0 spiro atoms. The van der Waals surface area contributed by atoms with Gasteiger partial charge in [-0.3, -0.25) is 4.79 Å². The van der Waals surface area contributed by atoms with E-state index >= 15 is 0 Å². The molecule has 0 radical (unpaired) electrons. The van der Waals surface area contributed by atoms with Crippen LogP contribution in [0.1, 0.15) is 33.1 Å². The van der Waals surface area contributed by atoms with Gasteiger partial charge in [0.2, 0.25) is 5.91 Å². The third-order valence-electron chi connectivity index (χ3n) is 4.35. The average Bonchev–Trinajstić information content (AvgIpc) is 2.48. The first-order valence-corrected chi connectivity index (χ1v) is 7.91. The number of carbonyl (C=O) groups is 1. The lowest BCUT2D eigenvalue weighted by atomic mass is 9.79. The van der Waals surface area contributed by atoms with Crippen molar-refractivity contribution in [2.45, 2.75) is 39.2 Å². The van der Waals surface area contributed by atoms with E-state index in [1.54, 1.807) is 0 Å². The Morgan fingerprint density at radius 1 is 1.42 bits per heavy atom. The van der Waals surface area contributed by atoms with Gasteiger partial charge in [0.05, 0.1) is 6.61 Å². The van der Waals surface area contributed by atoms with E-state index in [4.69, 9.17) is 10.5 Å². The van der Waals surface area contributed by atoms with Crippen LogP contribution in [-0.4, -0.2) is 36.5 Å². The number of likely N-dealkylation sites (tertiary alicyclic amines) is 1. The number of nitrogens with zero attached hydrogens (tertiary/aromatic N) is 1. The summed E-state index contributed by atoms with van der Waals surface area (Å²) in [5.74, 6) is -1.31. The zero-order valence-corrected chi connectivity index (χ0v) is 14.9. The molecule has 7 heteroatoms. The van der Waals surface area contributed by atoms with Gasteiger partial charge in [-0.25, -0.2) is 8.78 Å². The quantitative estimate of drug-likeness (QED) is 0.819. The molecule has 1 aliphatic rings. The van der Waals surface area contributed by atoms with Gasteiger partial charge in [-0.2, -0.15) is 0 Å². The summed E-state index contributed by atoms with van der Waals surface area (Å²) in [5.41, 5.74) is 5.98. The molecule has 0 bridgehead atoms. The van der Waals surface area contributed by atoms with Gasteiger partial charge in [-0.1, -0.05) is 13.8 Å². The second kappa shape index (κ2) is 8.62. The molecule has 2 N–H and O–H groups in total. The largest absolute Gasteiger partial charge is 0.491 e. The minimum Gasteiger partial charge on any atom is -0.491 e. The Bertz CT molecular complexity index is 570. The van der Waals surface area contributed by atoms with Crippen molar-refractivity contribution < 1.29 is 18.3 Å². The number of hydrogen-bond donors (Lipinski definition) is 1. The molecule has 4 nitrogen and oxygen atoms in total. The van der Waals surface area contributed by atoms with Gasteiger partial charge in [-0.15, -0.1) is 12.4 Å². The van der Waals surface area contributed by atoms with Crippen molar-refractivity contribution in [2.24, 2.45) is 11.1 Å². The summed E-state index contributed by atoms with van der Waals surface area (Å²) in [6.07, 6.45) is 1.63. The first-order valence-electron chi connectivity index (χ1n) is 7.91. The number of nitrogens with two attached hydrogens (primary N) is 1. The monoisotopic (exact) mass is 362 g/mol. The number of amides is 1. The van der Waals surface area contributed by atoms with Crippen LogP contribution in [0.25, 0.3) is 0 Å². The highest BCUT2D eigenvalue weighted by Gasteiger charge is 2.34. The van der Waals surface area contributed by atoms with Gasteiger partial charge < -0.3 is 15.4 Å². The Hall–Kier alpha value is -1.40. The van der Waals surface area contributed by atoms with Crippen molar-refractivity contribution in [2.75, 3.05) is 19.7 Å². The Morgan fingerprint density at radius 2 is 2.12 bits per heavy atom. The smallest absolute Gasteiger partial charge is 0.222 e. The first-order chi connectivity index (χ1) is 10.8. The molecule has 24 heavy (non-hydrogen) atoms. The Labute approximate surface area is 147 Å². The van der Waals surface area contributed by atoms with Crippen LogP contribution < -0.4 is 10.5 Å². The summed E-state index contributed by atoms with van der Waals surface area (Å²) < 4.78 is 31.4. The first kappa shape index (κ1) is 20.6. The molecule has 136 valence electrons. The zero-order chi connectivity index (χ0) is 17.0. The second-order valence-corrected chi connectivity index (χ2v) is 6.73. The predicted molar refractivity (Wildman–Crippen MR) is 91.3 cm³/mol. The Morgan fingerprint density at radius 3 is 2.75 bits per heavy atom. The lowest BCUT2D eigenvalue weighted by Gasteiger charge is -2.42. The van der Waals surface area contributed by atoms with Crippen LogP contribution in [0.3, 0.4) is 0 Å². The predicted octanol–water partition coefficient (Wildman–Crippen LogP) is 3.13. The minimum absolute atomic E-state index is 0. The fourth-order valence-corrected chi connectivity index (χ4v) is 2.74. The summed E-state index contributed by atoms with van der Waals surface area (Å²) >= 11 is 0. The number of carbonyl (C=O) groups excluding carboxylic acids is 1. The van der Waals surface area contributed by atoms with Crippen LogP contribution in [0.5, 0.6) is 5.75 Å². The molecule has 0 aromatic heterocycles. The maximum atomic E-state index is 13.4. The number of halogens is 3. The standard InChI is InChI=1S/C17H24F2N2O2.ClH/c1-17(2)11-21(8-7-15(17)20)16(22)4-3-9-23-14-6-5-12(18)10-13(14)19;/h5-6,10,15H,3-4,7-9,11,20H2,1-2H3;1H. The van der Waals surface area contributed by atoms with Crippen molar-refractivity contribution in [1.29, 1.82) is 0 Å². The second-order valence-electron chi connectivity index (χ2n) is 6.73. The zero-order valence-electron chi connectivity index (χ0n) is 14.1.